The van der Waals surface area contributed by atoms with Gasteiger partial charge in [0, 0.05) is 13.1 Å². The number of hydroxylamine groups is 2. The highest BCUT2D eigenvalue weighted by molar-refractivity contribution is 4.84. The number of piperidine rings is 1. The Hall–Kier alpha value is -0.0800. The van der Waals surface area contributed by atoms with Crippen LogP contribution in [0, 0.1) is 11.3 Å². The second-order valence-electron chi connectivity index (χ2n) is 4.99. The Kier molecular flexibility index (Phi) is 4.39. The molecule has 1 aliphatic rings. The molecule has 1 unspecified atom stereocenters. The normalized spacial score (nSPS) is 24.9. The first-order chi connectivity index (χ1) is 6.62. The lowest BCUT2D eigenvalue weighted by Gasteiger charge is -2.41. The maximum atomic E-state index is 9.33. The van der Waals surface area contributed by atoms with Gasteiger partial charge in [0.2, 0.25) is 0 Å². The molecule has 84 valence electrons. The minimum Gasteiger partial charge on any atom is -0.314 e. The molecule has 1 fully saturated rings. The Morgan fingerprint density at radius 1 is 1.29 bits per heavy atom. The van der Waals surface area contributed by atoms with Crippen LogP contribution in [-0.4, -0.2) is 23.4 Å². The van der Waals surface area contributed by atoms with Crippen molar-refractivity contribution in [3.05, 3.63) is 0 Å². The Balaban J connectivity index is 2.52. The third kappa shape index (κ3) is 2.71. The summed E-state index contributed by atoms with van der Waals surface area (Å²) in [4.78, 5) is 0. The van der Waals surface area contributed by atoms with Gasteiger partial charge in [-0.15, -0.1) is 0 Å². The van der Waals surface area contributed by atoms with E-state index in [0.717, 1.165) is 19.0 Å². The van der Waals surface area contributed by atoms with Crippen molar-refractivity contribution in [3.8, 4) is 0 Å². The van der Waals surface area contributed by atoms with E-state index < -0.39 is 0 Å². The Labute approximate surface area is 88.3 Å². The summed E-state index contributed by atoms with van der Waals surface area (Å²) in [7, 11) is 0. The van der Waals surface area contributed by atoms with Gasteiger partial charge in [-0.05, 0) is 30.6 Å². The van der Waals surface area contributed by atoms with Crippen molar-refractivity contribution in [1.82, 2.24) is 5.06 Å². The Bertz CT molecular complexity index is 164. The summed E-state index contributed by atoms with van der Waals surface area (Å²) in [6.07, 6.45) is 6.22. The lowest BCUT2D eigenvalue weighted by atomic mass is 9.68. The van der Waals surface area contributed by atoms with Gasteiger partial charge >= 0.3 is 0 Å². The third-order valence-corrected chi connectivity index (χ3v) is 4.09. The van der Waals surface area contributed by atoms with E-state index in [4.69, 9.17) is 0 Å². The molecule has 0 saturated carbocycles. The van der Waals surface area contributed by atoms with Crippen LogP contribution in [0.3, 0.4) is 0 Å². The van der Waals surface area contributed by atoms with Crippen LogP contribution in [0.5, 0.6) is 0 Å². The van der Waals surface area contributed by atoms with Crippen molar-refractivity contribution >= 4 is 0 Å². The van der Waals surface area contributed by atoms with E-state index in [0.29, 0.717) is 5.41 Å². The van der Waals surface area contributed by atoms with Crippen LogP contribution in [0.25, 0.3) is 0 Å². The van der Waals surface area contributed by atoms with Crippen molar-refractivity contribution in [2.75, 3.05) is 13.1 Å². The molecule has 0 bridgehead atoms. The molecular formula is C12H25NO. The van der Waals surface area contributed by atoms with E-state index in [1.165, 1.54) is 37.2 Å². The molecule has 0 aliphatic carbocycles. The second-order valence-corrected chi connectivity index (χ2v) is 4.99. The smallest absolute Gasteiger partial charge is 0.0241 e. The van der Waals surface area contributed by atoms with Crippen LogP contribution in [-0.2, 0) is 0 Å². The van der Waals surface area contributed by atoms with Crippen molar-refractivity contribution in [2.45, 2.75) is 52.9 Å². The first-order valence-corrected chi connectivity index (χ1v) is 6.06. The Morgan fingerprint density at radius 3 is 2.29 bits per heavy atom. The van der Waals surface area contributed by atoms with Crippen LogP contribution in [0.4, 0.5) is 0 Å². The molecule has 2 nitrogen and oxygen atoms in total. The first-order valence-electron chi connectivity index (χ1n) is 6.06. The summed E-state index contributed by atoms with van der Waals surface area (Å²) >= 11 is 0. The molecule has 14 heavy (non-hydrogen) atoms. The second kappa shape index (κ2) is 5.13. The quantitative estimate of drug-likeness (QED) is 0.751. The maximum absolute atomic E-state index is 9.33. The Morgan fingerprint density at radius 2 is 1.86 bits per heavy atom. The zero-order valence-corrected chi connectivity index (χ0v) is 9.92. The fourth-order valence-electron chi connectivity index (χ4n) is 2.80. The molecule has 2 heteroatoms. The molecule has 1 rings (SSSR count). The predicted molar refractivity (Wildman–Crippen MR) is 59.4 cm³/mol. The molecule has 0 aromatic carbocycles. The number of rotatable bonds is 4. The summed E-state index contributed by atoms with van der Waals surface area (Å²) in [5.74, 6) is 0.816. The van der Waals surface area contributed by atoms with Gasteiger partial charge in [-0.25, -0.2) is 0 Å². The van der Waals surface area contributed by atoms with E-state index >= 15 is 0 Å². The van der Waals surface area contributed by atoms with Crippen molar-refractivity contribution in [2.24, 2.45) is 11.3 Å². The third-order valence-electron chi connectivity index (χ3n) is 4.09. The van der Waals surface area contributed by atoms with Gasteiger partial charge in [0.1, 0.15) is 0 Å². The van der Waals surface area contributed by atoms with Crippen LogP contribution in [0.2, 0.25) is 0 Å². The minimum atomic E-state index is 0.510. The highest BCUT2D eigenvalue weighted by Crippen LogP contribution is 2.41. The van der Waals surface area contributed by atoms with Gasteiger partial charge in [0.25, 0.3) is 0 Å². The zero-order valence-electron chi connectivity index (χ0n) is 9.92. The average Bonchev–Trinajstić information content (AvgIpc) is 2.19. The standard InChI is InChI=1S/C12H25NO/c1-4-8-12(3,5-2)11-6-9-13(14)10-7-11/h11,14H,4-10H2,1-3H3. The summed E-state index contributed by atoms with van der Waals surface area (Å²) in [6.45, 7) is 8.73. The molecule has 1 heterocycles. The molecule has 0 radical (unpaired) electrons. The lowest BCUT2D eigenvalue weighted by Crippen LogP contribution is -2.38. The molecule has 1 aliphatic heterocycles. The van der Waals surface area contributed by atoms with Gasteiger partial charge in [0.05, 0.1) is 0 Å². The molecule has 0 spiro atoms. The monoisotopic (exact) mass is 199 g/mol. The molecule has 1 atom stereocenters. The van der Waals surface area contributed by atoms with Crippen molar-refractivity contribution in [1.29, 1.82) is 0 Å². The highest BCUT2D eigenvalue weighted by atomic mass is 16.5. The predicted octanol–water partition coefficient (Wildman–Crippen LogP) is 3.30. The fourth-order valence-corrected chi connectivity index (χ4v) is 2.80. The van der Waals surface area contributed by atoms with Gasteiger partial charge in [-0.3, -0.25) is 0 Å². The summed E-state index contributed by atoms with van der Waals surface area (Å²) in [6, 6.07) is 0. The van der Waals surface area contributed by atoms with Crippen molar-refractivity contribution in [3.63, 3.8) is 0 Å². The maximum Gasteiger partial charge on any atom is 0.0241 e. The average molecular weight is 199 g/mol. The summed E-state index contributed by atoms with van der Waals surface area (Å²) < 4.78 is 0. The topological polar surface area (TPSA) is 23.5 Å². The van der Waals surface area contributed by atoms with Gasteiger partial charge < -0.3 is 5.21 Å². The lowest BCUT2D eigenvalue weighted by molar-refractivity contribution is -0.122. The minimum absolute atomic E-state index is 0.510. The van der Waals surface area contributed by atoms with Crippen LogP contribution in [0.1, 0.15) is 52.9 Å². The van der Waals surface area contributed by atoms with Crippen LogP contribution < -0.4 is 0 Å². The SMILES string of the molecule is CCCC(C)(CC)C1CCN(O)CC1. The van der Waals surface area contributed by atoms with Gasteiger partial charge in [-0.2, -0.15) is 5.06 Å². The zero-order chi connectivity index (χ0) is 10.6. The van der Waals surface area contributed by atoms with E-state index in [1.807, 2.05) is 0 Å². The molecule has 0 aromatic heterocycles. The van der Waals surface area contributed by atoms with E-state index in [-0.39, 0.29) is 0 Å². The number of hydrogen-bond donors (Lipinski definition) is 1. The largest absolute Gasteiger partial charge is 0.314 e. The van der Waals surface area contributed by atoms with Crippen LogP contribution >= 0.6 is 0 Å². The fraction of sp³-hybridized carbons (Fsp3) is 1.00. The molecule has 0 aromatic rings. The van der Waals surface area contributed by atoms with Crippen molar-refractivity contribution < 1.29 is 5.21 Å². The molecule has 0 amide bonds. The van der Waals surface area contributed by atoms with E-state index in [1.54, 1.807) is 0 Å². The van der Waals surface area contributed by atoms with Gasteiger partial charge in [0.15, 0.2) is 0 Å². The van der Waals surface area contributed by atoms with E-state index in [9.17, 15) is 5.21 Å². The van der Waals surface area contributed by atoms with Crippen LogP contribution in [0.15, 0.2) is 0 Å². The molecule has 1 saturated heterocycles. The molecular weight excluding hydrogens is 174 g/mol. The highest BCUT2D eigenvalue weighted by Gasteiger charge is 2.33. The van der Waals surface area contributed by atoms with Gasteiger partial charge in [-0.1, -0.05) is 33.6 Å². The number of nitrogens with zero attached hydrogens (tertiary/aromatic N) is 1. The van der Waals surface area contributed by atoms with E-state index in [2.05, 4.69) is 20.8 Å². The molecule has 1 N–H and O–H groups in total. The summed E-state index contributed by atoms with van der Waals surface area (Å²) in [5, 5.41) is 10.8. The first kappa shape index (κ1) is 12.0. The summed E-state index contributed by atoms with van der Waals surface area (Å²) in [5.41, 5.74) is 0.510. The number of hydrogen-bond acceptors (Lipinski definition) is 2.